The number of carbonyl (C=O) groups is 1. The molecule has 2 N–H and O–H groups in total. The summed E-state index contributed by atoms with van der Waals surface area (Å²) in [6, 6.07) is -0.163. The van der Waals surface area contributed by atoms with E-state index in [2.05, 4.69) is 19.2 Å². The van der Waals surface area contributed by atoms with E-state index in [1.165, 1.54) is 5.57 Å². The summed E-state index contributed by atoms with van der Waals surface area (Å²) in [5.41, 5.74) is 1.66. The highest BCUT2D eigenvalue weighted by atomic mass is 16.3. The summed E-state index contributed by atoms with van der Waals surface area (Å²) in [5, 5.41) is 11.6. The molecule has 1 aliphatic rings. The Morgan fingerprint density at radius 2 is 2.06 bits per heavy atom. The zero-order valence-corrected chi connectivity index (χ0v) is 10.5. The quantitative estimate of drug-likeness (QED) is 0.722. The van der Waals surface area contributed by atoms with Crippen molar-refractivity contribution < 1.29 is 9.90 Å². The van der Waals surface area contributed by atoms with Gasteiger partial charge in [0, 0.05) is 12.1 Å². The first-order valence-corrected chi connectivity index (χ1v) is 6.04. The van der Waals surface area contributed by atoms with Gasteiger partial charge in [0.25, 0.3) is 0 Å². The van der Waals surface area contributed by atoms with E-state index in [0.29, 0.717) is 5.41 Å². The number of carbonyl (C=O) groups excluding carboxylic acids is 1. The Balaban J connectivity index is 2.43. The molecule has 1 atom stereocenters. The summed E-state index contributed by atoms with van der Waals surface area (Å²) in [5.74, 6) is -0.0729. The van der Waals surface area contributed by atoms with Gasteiger partial charge in [0.2, 0.25) is 5.91 Å². The van der Waals surface area contributed by atoms with Crippen molar-refractivity contribution in [1.82, 2.24) is 5.32 Å². The Kier molecular flexibility index (Phi) is 4.54. The van der Waals surface area contributed by atoms with E-state index in [1.807, 2.05) is 0 Å². The molecule has 0 radical (unpaired) electrons. The summed E-state index contributed by atoms with van der Waals surface area (Å²) in [6.45, 7) is 6.33. The van der Waals surface area contributed by atoms with Crippen molar-refractivity contribution in [3.63, 3.8) is 0 Å². The molecule has 3 nitrogen and oxygen atoms in total. The number of allylic oxidation sites excluding steroid dienone is 1. The summed E-state index contributed by atoms with van der Waals surface area (Å²) >= 11 is 0. The van der Waals surface area contributed by atoms with Crippen LogP contribution in [0.3, 0.4) is 0 Å². The van der Waals surface area contributed by atoms with E-state index in [1.54, 1.807) is 13.0 Å². The summed E-state index contributed by atoms with van der Waals surface area (Å²) < 4.78 is 0. The van der Waals surface area contributed by atoms with Gasteiger partial charge in [-0.05, 0) is 38.0 Å². The van der Waals surface area contributed by atoms with Crippen LogP contribution in [0.4, 0.5) is 0 Å². The number of hydrogen-bond donors (Lipinski definition) is 2. The average molecular weight is 225 g/mol. The first-order chi connectivity index (χ1) is 7.43. The van der Waals surface area contributed by atoms with E-state index < -0.39 is 0 Å². The predicted molar refractivity (Wildman–Crippen MR) is 65.0 cm³/mol. The first kappa shape index (κ1) is 13.2. The normalized spacial score (nSPS) is 21.4. The van der Waals surface area contributed by atoms with Crippen molar-refractivity contribution in [2.45, 2.75) is 52.5 Å². The zero-order chi connectivity index (χ0) is 12.2. The lowest BCUT2D eigenvalue weighted by molar-refractivity contribution is -0.117. The van der Waals surface area contributed by atoms with Gasteiger partial charge in [-0.1, -0.05) is 19.4 Å². The number of aliphatic hydroxyl groups is 1. The molecule has 0 bridgehead atoms. The first-order valence-electron chi connectivity index (χ1n) is 6.04. The molecule has 0 aromatic carbocycles. The Bertz CT molecular complexity index is 270. The van der Waals surface area contributed by atoms with Crippen molar-refractivity contribution in [1.29, 1.82) is 0 Å². The maximum atomic E-state index is 11.5. The van der Waals surface area contributed by atoms with Crippen molar-refractivity contribution in [3.8, 4) is 0 Å². The number of aliphatic hydroxyl groups excluding tert-OH is 1. The second kappa shape index (κ2) is 5.48. The van der Waals surface area contributed by atoms with Gasteiger partial charge in [-0.2, -0.15) is 0 Å². The van der Waals surface area contributed by atoms with Crippen molar-refractivity contribution in [2.24, 2.45) is 5.41 Å². The molecular formula is C13H23NO2. The standard InChI is InChI=1S/C13H23NO2/c1-10(9-15)14-12(16)8-11-4-6-13(2,3)7-5-11/h8,10,15H,4-7,9H2,1-3H3,(H,14,16)/t10-/m0/s1. The maximum absolute atomic E-state index is 11.5. The molecule has 0 saturated heterocycles. The van der Waals surface area contributed by atoms with Crippen LogP contribution in [0.25, 0.3) is 0 Å². The Labute approximate surface area is 97.9 Å². The molecule has 1 rings (SSSR count). The second-order valence-electron chi connectivity index (χ2n) is 5.56. The van der Waals surface area contributed by atoms with Gasteiger partial charge in [-0.3, -0.25) is 4.79 Å². The summed E-state index contributed by atoms with van der Waals surface area (Å²) in [7, 11) is 0. The van der Waals surface area contributed by atoms with Crippen molar-refractivity contribution in [2.75, 3.05) is 6.61 Å². The minimum atomic E-state index is -0.163. The van der Waals surface area contributed by atoms with Crippen LogP contribution in [-0.4, -0.2) is 23.7 Å². The van der Waals surface area contributed by atoms with E-state index in [4.69, 9.17) is 5.11 Å². The lowest BCUT2D eigenvalue weighted by Gasteiger charge is -2.30. The molecule has 1 fully saturated rings. The lowest BCUT2D eigenvalue weighted by atomic mass is 9.75. The van der Waals surface area contributed by atoms with Crippen LogP contribution in [0.5, 0.6) is 0 Å². The largest absolute Gasteiger partial charge is 0.394 e. The molecule has 1 aliphatic carbocycles. The van der Waals surface area contributed by atoms with Crippen LogP contribution >= 0.6 is 0 Å². The molecule has 0 aromatic rings. The van der Waals surface area contributed by atoms with Gasteiger partial charge >= 0.3 is 0 Å². The fourth-order valence-corrected chi connectivity index (χ4v) is 1.91. The Morgan fingerprint density at radius 1 is 1.50 bits per heavy atom. The molecule has 16 heavy (non-hydrogen) atoms. The molecule has 92 valence electrons. The molecule has 0 aliphatic heterocycles. The van der Waals surface area contributed by atoms with E-state index >= 15 is 0 Å². The van der Waals surface area contributed by atoms with Gasteiger partial charge in [0.05, 0.1) is 6.61 Å². The summed E-state index contributed by atoms with van der Waals surface area (Å²) in [6.07, 6.45) is 6.06. The number of nitrogens with one attached hydrogen (secondary N) is 1. The Morgan fingerprint density at radius 3 is 2.56 bits per heavy atom. The van der Waals surface area contributed by atoms with Crippen molar-refractivity contribution in [3.05, 3.63) is 11.6 Å². The number of hydrogen-bond acceptors (Lipinski definition) is 2. The molecule has 0 spiro atoms. The third-order valence-corrected chi connectivity index (χ3v) is 3.24. The van der Waals surface area contributed by atoms with Crippen LogP contribution in [0.2, 0.25) is 0 Å². The fourth-order valence-electron chi connectivity index (χ4n) is 1.91. The van der Waals surface area contributed by atoms with Gasteiger partial charge in [-0.15, -0.1) is 0 Å². The Hall–Kier alpha value is -0.830. The van der Waals surface area contributed by atoms with Gasteiger partial charge < -0.3 is 10.4 Å². The minimum Gasteiger partial charge on any atom is -0.394 e. The predicted octanol–water partition coefficient (Wildman–Crippen LogP) is 2.01. The van der Waals surface area contributed by atoms with E-state index in [9.17, 15) is 4.79 Å². The average Bonchev–Trinajstić information content (AvgIpc) is 2.21. The topological polar surface area (TPSA) is 49.3 Å². The summed E-state index contributed by atoms with van der Waals surface area (Å²) in [4.78, 5) is 11.5. The molecule has 1 amide bonds. The van der Waals surface area contributed by atoms with Crippen LogP contribution in [0.15, 0.2) is 11.6 Å². The molecule has 0 heterocycles. The van der Waals surface area contributed by atoms with E-state index in [-0.39, 0.29) is 18.6 Å². The maximum Gasteiger partial charge on any atom is 0.244 e. The smallest absolute Gasteiger partial charge is 0.244 e. The molecule has 0 aromatic heterocycles. The van der Waals surface area contributed by atoms with Gasteiger partial charge in [-0.25, -0.2) is 0 Å². The molecule has 3 heteroatoms. The highest BCUT2D eigenvalue weighted by molar-refractivity contribution is 5.88. The lowest BCUT2D eigenvalue weighted by Crippen LogP contribution is -2.34. The van der Waals surface area contributed by atoms with Crippen LogP contribution in [0, 0.1) is 5.41 Å². The minimum absolute atomic E-state index is 0.0120. The third kappa shape index (κ3) is 4.35. The van der Waals surface area contributed by atoms with Gasteiger partial charge in [0.1, 0.15) is 0 Å². The SMILES string of the molecule is C[C@@H](CO)NC(=O)C=C1CCC(C)(C)CC1. The number of rotatable bonds is 3. The van der Waals surface area contributed by atoms with E-state index in [0.717, 1.165) is 25.7 Å². The molecule has 1 saturated carbocycles. The van der Waals surface area contributed by atoms with Crippen LogP contribution < -0.4 is 5.32 Å². The van der Waals surface area contributed by atoms with Crippen LogP contribution in [0.1, 0.15) is 46.5 Å². The monoisotopic (exact) mass is 225 g/mol. The molecule has 0 unspecified atom stereocenters. The third-order valence-electron chi connectivity index (χ3n) is 3.24. The van der Waals surface area contributed by atoms with Crippen molar-refractivity contribution >= 4 is 5.91 Å². The number of amides is 1. The molecular weight excluding hydrogens is 202 g/mol. The van der Waals surface area contributed by atoms with Gasteiger partial charge in [0.15, 0.2) is 0 Å². The zero-order valence-electron chi connectivity index (χ0n) is 10.5. The fraction of sp³-hybridized carbons (Fsp3) is 0.769. The second-order valence-corrected chi connectivity index (χ2v) is 5.56. The highest BCUT2D eigenvalue weighted by Crippen LogP contribution is 2.37. The van der Waals surface area contributed by atoms with Crippen LogP contribution in [-0.2, 0) is 4.79 Å². The highest BCUT2D eigenvalue weighted by Gasteiger charge is 2.23.